The van der Waals surface area contributed by atoms with Crippen LogP contribution in [0.3, 0.4) is 0 Å². The lowest BCUT2D eigenvalue weighted by Crippen LogP contribution is -2.20. The van der Waals surface area contributed by atoms with Gasteiger partial charge in [0.1, 0.15) is 6.54 Å². The predicted octanol–water partition coefficient (Wildman–Crippen LogP) is 3.80. The van der Waals surface area contributed by atoms with Crippen molar-refractivity contribution in [1.82, 2.24) is 9.55 Å². The molecule has 11 heteroatoms. The van der Waals surface area contributed by atoms with Crippen LogP contribution in [0.4, 0.5) is 11.4 Å². The van der Waals surface area contributed by atoms with Crippen LogP contribution in [-0.4, -0.2) is 49.3 Å². The summed E-state index contributed by atoms with van der Waals surface area (Å²) in [5.41, 5.74) is 2.55. The number of carbonyl (C=O) groups excluding carboxylic acids is 2. The fraction of sp³-hybridized carbons (Fsp3) is 0.0800. The first-order chi connectivity index (χ1) is 17.3. The highest BCUT2D eigenvalue weighted by atomic mass is 32.2. The summed E-state index contributed by atoms with van der Waals surface area (Å²) in [4.78, 5) is 51.7. The SMILES string of the molecule is O=C(CSc1nc2ccccc2n1CC(=O)Nc1ccc(C(=O)O)cc1)Nc1ccc(C(=O)O)cc1. The molecule has 182 valence electrons. The van der Waals surface area contributed by atoms with Crippen LogP contribution in [0.2, 0.25) is 0 Å². The van der Waals surface area contributed by atoms with Crippen molar-refractivity contribution in [3.8, 4) is 0 Å². The van der Waals surface area contributed by atoms with Gasteiger partial charge in [0.2, 0.25) is 11.8 Å². The van der Waals surface area contributed by atoms with Crippen LogP contribution < -0.4 is 10.6 Å². The number of carboxylic acids is 2. The summed E-state index contributed by atoms with van der Waals surface area (Å²) in [5.74, 6) is -2.75. The average molecular weight is 505 g/mol. The van der Waals surface area contributed by atoms with Gasteiger partial charge in [-0.2, -0.15) is 0 Å². The first kappa shape index (κ1) is 24.5. The van der Waals surface area contributed by atoms with Gasteiger partial charge >= 0.3 is 11.9 Å². The van der Waals surface area contributed by atoms with Crippen molar-refractivity contribution >= 4 is 57.9 Å². The normalized spacial score (nSPS) is 10.7. The lowest BCUT2D eigenvalue weighted by atomic mass is 10.2. The zero-order valence-electron chi connectivity index (χ0n) is 18.7. The summed E-state index contributed by atoms with van der Waals surface area (Å²) < 4.78 is 1.70. The number of benzene rings is 3. The van der Waals surface area contributed by atoms with E-state index in [1.807, 2.05) is 24.3 Å². The van der Waals surface area contributed by atoms with E-state index in [9.17, 15) is 19.2 Å². The number of nitrogens with zero attached hydrogens (tertiary/aromatic N) is 2. The molecule has 0 aliphatic heterocycles. The molecule has 4 aromatic rings. The summed E-state index contributed by atoms with van der Waals surface area (Å²) in [5, 5.41) is 23.9. The molecule has 36 heavy (non-hydrogen) atoms. The minimum absolute atomic E-state index is 0.0161. The zero-order chi connectivity index (χ0) is 25.7. The minimum Gasteiger partial charge on any atom is -0.478 e. The molecule has 1 aromatic heterocycles. The Morgan fingerprint density at radius 2 is 1.28 bits per heavy atom. The van der Waals surface area contributed by atoms with Crippen molar-refractivity contribution in [1.29, 1.82) is 0 Å². The number of para-hydroxylation sites is 2. The van der Waals surface area contributed by atoms with Gasteiger partial charge in [-0.3, -0.25) is 9.59 Å². The Kier molecular flexibility index (Phi) is 7.31. The number of carbonyl (C=O) groups is 4. The standard InChI is InChI=1S/C25H20N4O6S/c30-21(26-17-9-5-15(6-10-17)23(32)33)13-29-20-4-2-1-3-19(20)28-25(29)36-14-22(31)27-18-11-7-16(8-12-18)24(34)35/h1-12H,13-14H2,(H,26,30)(H,27,31)(H,32,33)(H,34,35). The van der Waals surface area contributed by atoms with Crippen molar-refractivity contribution < 1.29 is 29.4 Å². The molecule has 10 nitrogen and oxygen atoms in total. The molecule has 0 radical (unpaired) electrons. The number of imidazole rings is 1. The third-order valence-electron chi connectivity index (χ3n) is 5.08. The molecule has 0 aliphatic carbocycles. The molecule has 0 spiro atoms. The minimum atomic E-state index is -1.05. The second kappa shape index (κ2) is 10.7. The highest BCUT2D eigenvalue weighted by Crippen LogP contribution is 2.24. The fourth-order valence-corrected chi connectivity index (χ4v) is 4.19. The maximum atomic E-state index is 12.7. The van der Waals surface area contributed by atoms with Crippen LogP contribution in [0.5, 0.6) is 0 Å². The summed E-state index contributed by atoms with van der Waals surface area (Å²) in [6, 6.07) is 18.9. The van der Waals surface area contributed by atoms with Crippen LogP contribution in [0, 0.1) is 0 Å². The number of rotatable bonds is 9. The van der Waals surface area contributed by atoms with Gasteiger partial charge in [0.15, 0.2) is 5.16 Å². The Hall–Kier alpha value is -4.64. The second-order valence-electron chi connectivity index (χ2n) is 7.62. The molecule has 2 amide bonds. The van der Waals surface area contributed by atoms with Gasteiger partial charge < -0.3 is 25.4 Å². The van der Waals surface area contributed by atoms with E-state index in [1.54, 1.807) is 4.57 Å². The molecule has 0 saturated heterocycles. The van der Waals surface area contributed by atoms with E-state index in [-0.39, 0.29) is 35.2 Å². The van der Waals surface area contributed by atoms with E-state index in [0.717, 1.165) is 17.3 Å². The van der Waals surface area contributed by atoms with Crippen molar-refractivity contribution in [3.05, 3.63) is 83.9 Å². The third-order valence-corrected chi connectivity index (χ3v) is 6.06. The number of amides is 2. The molecular formula is C25H20N4O6S. The molecule has 0 unspecified atom stereocenters. The van der Waals surface area contributed by atoms with Gasteiger partial charge in [-0.25, -0.2) is 14.6 Å². The van der Waals surface area contributed by atoms with Gasteiger partial charge in [0.05, 0.1) is 27.9 Å². The molecule has 0 atom stereocenters. The smallest absolute Gasteiger partial charge is 0.335 e. The van der Waals surface area contributed by atoms with E-state index >= 15 is 0 Å². The molecule has 0 bridgehead atoms. The topological polar surface area (TPSA) is 151 Å². The Labute approximate surface area is 209 Å². The van der Waals surface area contributed by atoms with Crippen molar-refractivity contribution in [2.24, 2.45) is 0 Å². The number of fused-ring (bicyclic) bond motifs is 1. The molecule has 1 heterocycles. The summed E-state index contributed by atoms with van der Waals surface area (Å²) >= 11 is 1.16. The number of aromatic carboxylic acids is 2. The molecular weight excluding hydrogens is 484 g/mol. The Bertz CT molecular complexity index is 1450. The number of hydrogen-bond donors (Lipinski definition) is 4. The fourth-order valence-electron chi connectivity index (χ4n) is 3.38. The number of hydrogen-bond acceptors (Lipinski definition) is 6. The van der Waals surface area contributed by atoms with Gasteiger partial charge in [-0.15, -0.1) is 0 Å². The highest BCUT2D eigenvalue weighted by molar-refractivity contribution is 7.99. The van der Waals surface area contributed by atoms with Crippen molar-refractivity contribution in [2.45, 2.75) is 11.7 Å². The quantitative estimate of drug-likeness (QED) is 0.251. The molecule has 3 aromatic carbocycles. The number of nitrogens with one attached hydrogen (secondary N) is 2. The Morgan fingerprint density at radius 1 is 0.750 bits per heavy atom. The molecule has 0 aliphatic rings. The van der Waals surface area contributed by atoms with E-state index in [0.29, 0.717) is 22.0 Å². The Morgan fingerprint density at radius 3 is 1.83 bits per heavy atom. The maximum absolute atomic E-state index is 12.7. The lowest BCUT2D eigenvalue weighted by Gasteiger charge is -2.10. The number of carboxylic acid groups (broad SMARTS) is 2. The summed E-state index contributed by atoms with van der Waals surface area (Å²) in [7, 11) is 0. The van der Waals surface area contributed by atoms with Crippen LogP contribution in [-0.2, 0) is 16.1 Å². The monoisotopic (exact) mass is 504 g/mol. The summed E-state index contributed by atoms with van der Waals surface area (Å²) in [6.07, 6.45) is 0. The van der Waals surface area contributed by atoms with Crippen LogP contribution in [0.25, 0.3) is 11.0 Å². The third kappa shape index (κ3) is 5.88. The van der Waals surface area contributed by atoms with Gasteiger partial charge in [-0.1, -0.05) is 23.9 Å². The lowest BCUT2D eigenvalue weighted by molar-refractivity contribution is -0.117. The van der Waals surface area contributed by atoms with E-state index in [1.165, 1.54) is 48.5 Å². The highest BCUT2D eigenvalue weighted by Gasteiger charge is 2.16. The predicted molar refractivity (Wildman–Crippen MR) is 135 cm³/mol. The van der Waals surface area contributed by atoms with Gasteiger partial charge in [0.25, 0.3) is 0 Å². The molecule has 0 fully saturated rings. The molecule has 4 N–H and O–H groups in total. The first-order valence-corrected chi connectivity index (χ1v) is 11.6. The largest absolute Gasteiger partial charge is 0.478 e. The first-order valence-electron chi connectivity index (χ1n) is 10.6. The number of aromatic nitrogens is 2. The second-order valence-corrected chi connectivity index (χ2v) is 8.56. The van der Waals surface area contributed by atoms with Crippen LogP contribution in [0.1, 0.15) is 20.7 Å². The average Bonchev–Trinajstić information content (AvgIpc) is 3.20. The van der Waals surface area contributed by atoms with E-state index in [4.69, 9.17) is 10.2 Å². The molecule has 0 saturated carbocycles. The van der Waals surface area contributed by atoms with Crippen LogP contribution >= 0.6 is 11.8 Å². The number of anilines is 2. The Balaban J connectivity index is 1.44. The maximum Gasteiger partial charge on any atom is 0.335 e. The van der Waals surface area contributed by atoms with Crippen molar-refractivity contribution in [2.75, 3.05) is 16.4 Å². The zero-order valence-corrected chi connectivity index (χ0v) is 19.5. The number of thioether (sulfide) groups is 1. The van der Waals surface area contributed by atoms with Crippen LogP contribution in [0.15, 0.2) is 78.0 Å². The van der Waals surface area contributed by atoms with E-state index in [2.05, 4.69) is 15.6 Å². The van der Waals surface area contributed by atoms with Gasteiger partial charge in [-0.05, 0) is 60.7 Å². The summed E-state index contributed by atoms with van der Waals surface area (Å²) in [6.45, 7) is -0.0677. The van der Waals surface area contributed by atoms with Gasteiger partial charge in [0, 0.05) is 11.4 Å². The van der Waals surface area contributed by atoms with Crippen molar-refractivity contribution in [3.63, 3.8) is 0 Å². The molecule has 4 rings (SSSR count). The van der Waals surface area contributed by atoms with E-state index < -0.39 is 11.9 Å².